The fourth-order valence-corrected chi connectivity index (χ4v) is 2.64. The van der Waals surface area contributed by atoms with Gasteiger partial charge in [-0.05, 0) is 30.5 Å². The van der Waals surface area contributed by atoms with Crippen LogP contribution in [-0.4, -0.2) is 37.7 Å². The van der Waals surface area contributed by atoms with Crippen molar-refractivity contribution in [3.63, 3.8) is 0 Å². The fraction of sp³-hybridized carbons (Fsp3) is 0.692. The molecule has 0 aliphatic rings. The van der Waals surface area contributed by atoms with Crippen molar-refractivity contribution >= 4 is 25.9 Å². The third-order valence-electron chi connectivity index (χ3n) is 3.49. The van der Waals surface area contributed by atoms with Crippen molar-refractivity contribution in [2.24, 2.45) is 0 Å². The highest BCUT2D eigenvalue weighted by Crippen LogP contribution is 2.36. The highest BCUT2D eigenvalue weighted by molar-refractivity contribution is 7.98. The van der Waals surface area contributed by atoms with Crippen molar-refractivity contribution in [1.29, 1.82) is 0 Å². The largest absolute Gasteiger partial charge is 0.415 e. The molecule has 4 nitrogen and oxygen atoms in total. The van der Waals surface area contributed by atoms with E-state index in [0.717, 1.165) is 24.1 Å². The Bertz CT molecular complexity index is 407. The number of hydrogen-bond acceptors (Lipinski definition) is 5. The van der Waals surface area contributed by atoms with Crippen LogP contribution in [0.4, 0.5) is 5.82 Å². The van der Waals surface area contributed by atoms with Gasteiger partial charge in [-0.1, -0.05) is 32.5 Å². The van der Waals surface area contributed by atoms with Crippen molar-refractivity contribution < 1.29 is 4.43 Å². The summed E-state index contributed by atoms with van der Waals surface area (Å²) in [5.41, 5.74) is 0. The SMILES string of the molecule is CSc1nccc(NCCO[Si](C)(C)C(C)(C)C)n1. The summed E-state index contributed by atoms with van der Waals surface area (Å²) in [5, 5.41) is 4.32. The molecular formula is C13H25N3OSSi. The summed E-state index contributed by atoms with van der Waals surface area (Å²) in [6.45, 7) is 12.8. The summed E-state index contributed by atoms with van der Waals surface area (Å²) >= 11 is 1.54. The maximum Gasteiger partial charge on any atom is 0.192 e. The van der Waals surface area contributed by atoms with Gasteiger partial charge in [0.2, 0.25) is 0 Å². The molecule has 1 heterocycles. The number of nitrogens with zero attached hydrogens (tertiary/aromatic N) is 2. The molecule has 1 rings (SSSR count). The molecule has 0 saturated heterocycles. The van der Waals surface area contributed by atoms with E-state index < -0.39 is 8.32 Å². The molecule has 1 N–H and O–H groups in total. The van der Waals surface area contributed by atoms with Crippen molar-refractivity contribution in [3.05, 3.63) is 12.3 Å². The second-order valence-electron chi connectivity index (χ2n) is 5.96. The van der Waals surface area contributed by atoms with Gasteiger partial charge in [-0.25, -0.2) is 9.97 Å². The van der Waals surface area contributed by atoms with E-state index in [4.69, 9.17) is 4.43 Å². The minimum Gasteiger partial charge on any atom is -0.415 e. The summed E-state index contributed by atoms with van der Waals surface area (Å²) in [7, 11) is -1.64. The van der Waals surface area contributed by atoms with Crippen molar-refractivity contribution in [2.75, 3.05) is 24.7 Å². The van der Waals surface area contributed by atoms with Gasteiger partial charge < -0.3 is 9.74 Å². The van der Waals surface area contributed by atoms with Crippen molar-refractivity contribution in [3.8, 4) is 0 Å². The Morgan fingerprint density at radius 3 is 2.63 bits per heavy atom. The second-order valence-corrected chi connectivity index (χ2v) is 11.5. The number of rotatable bonds is 6. The minimum absolute atomic E-state index is 0.258. The Morgan fingerprint density at radius 1 is 1.37 bits per heavy atom. The van der Waals surface area contributed by atoms with E-state index in [1.165, 1.54) is 0 Å². The number of nitrogens with one attached hydrogen (secondary N) is 1. The quantitative estimate of drug-likeness (QED) is 0.376. The Labute approximate surface area is 121 Å². The van der Waals surface area contributed by atoms with Crippen LogP contribution in [0.3, 0.4) is 0 Å². The molecule has 0 spiro atoms. The van der Waals surface area contributed by atoms with Crippen LogP contribution < -0.4 is 5.32 Å². The summed E-state index contributed by atoms with van der Waals surface area (Å²) in [6.07, 6.45) is 3.75. The number of thioether (sulfide) groups is 1. The standard InChI is InChI=1S/C13H25N3OSSi/c1-13(2,3)19(5,6)17-10-9-14-11-7-8-15-12(16-11)18-4/h7-8H,9-10H2,1-6H3,(H,14,15,16). The Morgan fingerprint density at radius 2 is 2.05 bits per heavy atom. The molecule has 1 aromatic heterocycles. The Hall–Kier alpha value is -0.593. The lowest BCUT2D eigenvalue weighted by molar-refractivity contribution is 0.301. The zero-order valence-corrected chi connectivity index (χ0v) is 14.6. The molecule has 0 aliphatic carbocycles. The van der Waals surface area contributed by atoms with Crippen LogP contribution in [0.5, 0.6) is 0 Å². The highest BCUT2D eigenvalue weighted by Gasteiger charge is 2.36. The van der Waals surface area contributed by atoms with Crippen molar-refractivity contribution in [2.45, 2.75) is 44.1 Å². The summed E-state index contributed by atoms with van der Waals surface area (Å²) < 4.78 is 6.10. The lowest BCUT2D eigenvalue weighted by atomic mass is 10.2. The van der Waals surface area contributed by atoms with E-state index in [9.17, 15) is 0 Å². The molecule has 0 radical (unpaired) electrons. The van der Waals surface area contributed by atoms with Gasteiger partial charge in [-0.2, -0.15) is 0 Å². The van der Waals surface area contributed by atoms with Gasteiger partial charge in [0, 0.05) is 12.7 Å². The molecule has 0 aliphatic heterocycles. The van der Waals surface area contributed by atoms with Crippen LogP contribution in [0.2, 0.25) is 18.1 Å². The number of aromatic nitrogens is 2. The van der Waals surface area contributed by atoms with Gasteiger partial charge in [0.15, 0.2) is 13.5 Å². The maximum absolute atomic E-state index is 6.10. The molecule has 0 bridgehead atoms. The molecule has 6 heteroatoms. The van der Waals surface area contributed by atoms with E-state index in [-0.39, 0.29) is 5.04 Å². The molecule has 0 saturated carbocycles. The molecule has 0 fully saturated rings. The van der Waals surface area contributed by atoms with Crippen molar-refractivity contribution in [1.82, 2.24) is 9.97 Å². The lowest BCUT2D eigenvalue weighted by Crippen LogP contribution is -2.41. The van der Waals surface area contributed by atoms with Gasteiger partial charge in [-0.3, -0.25) is 0 Å². The zero-order chi connectivity index (χ0) is 14.5. The minimum atomic E-state index is -1.64. The molecular weight excluding hydrogens is 274 g/mol. The van der Waals surface area contributed by atoms with E-state index in [1.807, 2.05) is 12.3 Å². The zero-order valence-electron chi connectivity index (χ0n) is 12.8. The van der Waals surface area contributed by atoms with E-state index in [1.54, 1.807) is 18.0 Å². The molecule has 0 aromatic carbocycles. The first-order chi connectivity index (χ1) is 8.76. The normalized spacial score (nSPS) is 12.5. The lowest BCUT2D eigenvalue weighted by Gasteiger charge is -2.36. The first-order valence-corrected chi connectivity index (χ1v) is 10.6. The van der Waals surface area contributed by atoms with E-state index >= 15 is 0 Å². The Kier molecular flexibility index (Phi) is 5.82. The average molecular weight is 300 g/mol. The molecule has 108 valence electrons. The second kappa shape index (κ2) is 6.72. The molecule has 0 amide bonds. The average Bonchev–Trinajstić information content (AvgIpc) is 2.33. The smallest absolute Gasteiger partial charge is 0.192 e. The third kappa shape index (κ3) is 5.12. The third-order valence-corrected chi connectivity index (χ3v) is 8.59. The highest BCUT2D eigenvalue weighted by atomic mass is 32.2. The molecule has 0 unspecified atom stereocenters. The predicted molar refractivity (Wildman–Crippen MR) is 85.5 cm³/mol. The van der Waals surface area contributed by atoms with Crippen LogP contribution in [0.1, 0.15) is 20.8 Å². The van der Waals surface area contributed by atoms with Crippen LogP contribution in [0, 0.1) is 0 Å². The van der Waals surface area contributed by atoms with Gasteiger partial charge in [0.25, 0.3) is 0 Å². The van der Waals surface area contributed by atoms with Gasteiger partial charge >= 0.3 is 0 Å². The van der Waals surface area contributed by atoms with Crippen LogP contribution in [0.15, 0.2) is 17.4 Å². The monoisotopic (exact) mass is 299 g/mol. The first-order valence-electron chi connectivity index (χ1n) is 6.51. The Balaban J connectivity index is 2.39. The summed E-state index contributed by atoms with van der Waals surface area (Å²) in [5.74, 6) is 0.859. The van der Waals surface area contributed by atoms with E-state index in [0.29, 0.717) is 0 Å². The number of hydrogen-bond donors (Lipinski definition) is 1. The predicted octanol–water partition coefficient (Wildman–Crippen LogP) is 3.63. The summed E-state index contributed by atoms with van der Waals surface area (Å²) in [4.78, 5) is 8.52. The molecule has 0 atom stereocenters. The van der Waals surface area contributed by atoms with Gasteiger partial charge in [-0.15, -0.1) is 0 Å². The molecule has 19 heavy (non-hydrogen) atoms. The van der Waals surface area contributed by atoms with Gasteiger partial charge in [0.1, 0.15) is 5.82 Å². The molecule has 1 aromatic rings. The fourth-order valence-electron chi connectivity index (χ4n) is 1.24. The number of anilines is 1. The van der Waals surface area contributed by atoms with Crippen LogP contribution in [-0.2, 0) is 4.43 Å². The van der Waals surface area contributed by atoms with Gasteiger partial charge in [0.05, 0.1) is 6.61 Å². The van der Waals surface area contributed by atoms with E-state index in [2.05, 4.69) is 49.1 Å². The van der Waals surface area contributed by atoms with Crippen LogP contribution >= 0.6 is 11.8 Å². The maximum atomic E-state index is 6.10. The van der Waals surface area contributed by atoms with Crippen LogP contribution in [0.25, 0.3) is 0 Å². The summed E-state index contributed by atoms with van der Waals surface area (Å²) in [6, 6.07) is 1.88. The topological polar surface area (TPSA) is 47.0 Å². The first kappa shape index (κ1) is 16.5.